The van der Waals surface area contributed by atoms with E-state index >= 15 is 0 Å². The van der Waals surface area contributed by atoms with Crippen LogP contribution in [0.3, 0.4) is 0 Å². The van der Waals surface area contributed by atoms with Crippen LogP contribution in [0.2, 0.25) is 0 Å². The molecule has 0 saturated carbocycles. The lowest BCUT2D eigenvalue weighted by molar-refractivity contribution is 0.0655. The lowest BCUT2D eigenvalue weighted by Gasteiger charge is -2.34. The van der Waals surface area contributed by atoms with Gasteiger partial charge in [0.25, 0.3) is 5.91 Å². The van der Waals surface area contributed by atoms with Crippen molar-refractivity contribution in [1.82, 2.24) is 14.5 Å². The number of aryl methyl sites for hydroxylation is 1. The van der Waals surface area contributed by atoms with Gasteiger partial charge in [0.2, 0.25) is 10.0 Å². The summed E-state index contributed by atoms with van der Waals surface area (Å²) in [6.07, 6.45) is 0. The molecule has 2 aliphatic heterocycles. The summed E-state index contributed by atoms with van der Waals surface area (Å²) in [6, 6.07) is 5.04. The topological polar surface area (TPSA) is 79.0 Å². The van der Waals surface area contributed by atoms with Gasteiger partial charge in [0.1, 0.15) is 0 Å². The Balaban J connectivity index is 0.00000243. The predicted octanol–water partition coefficient (Wildman–Crippen LogP) is 0.872. The number of carbonyl (C=O) groups is 1. The van der Waals surface area contributed by atoms with Crippen molar-refractivity contribution in [2.45, 2.75) is 24.8 Å². The molecule has 2 saturated heterocycles. The normalized spacial score (nSPS) is 21.9. The van der Waals surface area contributed by atoms with E-state index in [1.165, 1.54) is 10.4 Å². The van der Waals surface area contributed by atoms with E-state index in [-0.39, 0.29) is 29.3 Å². The molecule has 1 aromatic carbocycles. The van der Waals surface area contributed by atoms with Gasteiger partial charge in [0.05, 0.1) is 18.1 Å². The van der Waals surface area contributed by atoms with E-state index in [2.05, 4.69) is 5.32 Å². The predicted molar refractivity (Wildman–Crippen MR) is 101 cm³/mol. The zero-order valence-electron chi connectivity index (χ0n) is 15.1. The van der Waals surface area contributed by atoms with Crippen LogP contribution in [0.25, 0.3) is 0 Å². The van der Waals surface area contributed by atoms with Crippen LogP contribution in [0.15, 0.2) is 23.1 Å². The fourth-order valence-electron chi connectivity index (χ4n) is 3.25. The Morgan fingerprint density at radius 1 is 1.23 bits per heavy atom. The molecule has 1 amide bonds. The number of sulfonamides is 1. The fraction of sp³-hybridized carbons (Fsp3) is 0.588. The van der Waals surface area contributed by atoms with Crippen LogP contribution in [0, 0.1) is 6.92 Å². The second-order valence-corrected chi connectivity index (χ2v) is 8.45. The number of amides is 1. The van der Waals surface area contributed by atoms with Gasteiger partial charge in [-0.05, 0) is 31.5 Å². The second kappa shape index (κ2) is 8.67. The Morgan fingerprint density at radius 2 is 1.92 bits per heavy atom. The summed E-state index contributed by atoms with van der Waals surface area (Å²) in [7, 11) is -3.62. The molecule has 0 aliphatic carbocycles. The average Bonchev–Trinajstić information content (AvgIpc) is 2.62. The number of hydrogen-bond donors (Lipinski definition) is 1. The number of carbonyl (C=O) groups excluding carboxylic acids is 1. The summed E-state index contributed by atoms with van der Waals surface area (Å²) < 4.78 is 32.6. The molecular formula is C17H26ClN3O4S. The van der Waals surface area contributed by atoms with Crippen LogP contribution in [0.5, 0.6) is 0 Å². The third-order valence-electron chi connectivity index (χ3n) is 4.79. The number of halogens is 1. The van der Waals surface area contributed by atoms with E-state index in [0.717, 1.165) is 13.1 Å². The zero-order valence-corrected chi connectivity index (χ0v) is 16.7. The SMILES string of the molecule is Cc1ccc(C(=O)N2CCNC[C@@H]2C)cc1S(=O)(=O)N1CCOCC1.Cl. The van der Waals surface area contributed by atoms with Gasteiger partial charge in [-0.3, -0.25) is 4.79 Å². The van der Waals surface area contributed by atoms with Gasteiger partial charge in [-0.15, -0.1) is 12.4 Å². The molecule has 1 atom stereocenters. The number of morpholine rings is 1. The molecule has 1 aromatic rings. The molecule has 3 rings (SSSR count). The van der Waals surface area contributed by atoms with Crippen molar-refractivity contribution in [2.75, 3.05) is 45.9 Å². The summed E-state index contributed by atoms with van der Waals surface area (Å²) in [6.45, 7) is 7.35. The van der Waals surface area contributed by atoms with Crippen molar-refractivity contribution in [2.24, 2.45) is 0 Å². The molecule has 0 radical (unpaired) electrons. The van der Waals surface area contributed by atoms with Gasteiger partial charge in [-0.25, -0.2) is 8.42 Å². The number of nitrogens with zero attached hydrogens (tertiary/aromatic N) is 2. The first-order valence-electron chi connectivity index (χ1n) is 8.61. The minimum absolute atomic E-state index is 0. The van der Waals surface area contributed by atoms with Crippen LogP contribution in [0.1, 0.15) is 22.8 Å². The summed E-state index contributed by atoms with van der Waals surface area (Å²) >= 11 is 0. The Kier molecular flexibility index (Phi) is 7.04. The highest BCUT2D eigenvalue weighted by Crippen LogP contribution is 2.23. The van der Waals surface area contributed by atoms with Crippen molar-refractivity contribution >= 4 is 28.3 Å². The lowest BCUT2D eigenvalue weighted by Crippen LogP contribution is -2.52. The number of ether oxygens (including phenoxy) is 1. The van der Waals surface area contributed by atoms with Gasteiger partial charge in [0, 0.05) is 44.3 Å². The molecule has 0 aromatic heterocycles. The molecule has 146 valence electrons. The van der Waals surface area contributed by atoms with Crippen LogP contribution < -0.4 is 5.32 Å². The fourth-order valence-corrected chi connectivity index (χ4v) is 4.90. The van der Waals surface area contributed by atoms with E-state index in [1.807, 2.05) is 6.92 Å². The highest BCUT2D eigenvalue weighted by Gasteiger charge is 2.30. The van der Waals surface area contributed by atoms with Gasteiger partial charge < -0.3 is 15.0 Å². The van der Waals surface area contributed by atoms with E-state index < -0.39 is 10.0 Å². The number of nitrogens with one attached hydrogen (secondary N) is 1. The molecule has 26 heavy (non-hydrogen) atoms. The lowest BCUT2D eigenvalue weighted by atomic mass is 10.1. The average molecular weight is 404 g/mol. The van der Waals surface area contributed by atoms with Crippen LogP contribution in [-0.4, -0.2) is 75.5 Å². The Labute approximate surface area is 161 Å². The Hall–Kier alpha value is -1.19. The molecule has 1 N–H and O–H groups in total. The first kappa shape index (κ1) is 21.1. The highest BCUT2D eigenvalue weighted by molar-refractivity contribution is 7.89. The second-order valence-electron chi connectivity index (χ2n) is 6.55. The summed E-state index contributed by atoms with van der Waals surface area (Å²) in [5.41, 5.74) is 1.07. The maximum atomic E-state index is 13.0. The molecule has 7 nitrogen and oxygen atoms in total. The number of rotatable bonds is 3. The van der Waals surface area contributed by atoms with Crippen molar-refractivity contribution in [3.8, 4) is 0 Å². The van der Waals surface area contributed by atoms with Crippen LogP contribution >= 0.6 is 12.4 Å². The third kappa shape index (κ3) is 4.20. The van der Waals surface area contributed by atoms with Gasteiger partial charge in [0.15, 0.2) is 0 Å². The Bertz CT molecular complexity index is 750. The van der Waals surface area contributed by atoms with E-state index in [0.29, 0.717) is 44.0 Å². The maximum absolute atomic E-state index is 13.0. The summed E-state index contributed by atoms with van der Waals surface area (Å²) in [5, 5.41) is 3.25. The first-order valence-corrected chi connectivity index (χ1v) is 10.1. The maximum Gasteiger partial charge on any atom is 0.254 e. The minimum Gasteiger partial charge on any atom is -0.379 e. The van der Waals surface area contributed by atoms with Gasteiger partial charge in [-0.2, -0.15) is 4.31 Å². The molecule has 0 spiro atoms. The van der Waals surface area contributed by atoms with Gasteiger partial charge in [-0.1, -0.05) is 6.07 Å². The van der Waals surface area contributed by atoms with E-state index in [9.17, 15) is 13.2 Å². The molecule has 2 aliphatic rings. The summed E-state index contributed by atoms with van der Waals surface area (Å²) in [4.78, 5) is 14.9. The van der Waals surface area contributed by atoms with Crippen molar-refractivity contribution < 1.29 is 17.9 Å². The van der Waals surface area contributed by atoms with Crippen LogP contribution in [-0.2, 0) is 14.8 Å². The zero-order chi connectivity index (χ0) is 18.0. The third-order valence-corrected chi connectivity index (χ3v) is 6.83. The standard InChI is InChI=1S/C17H25N3O4S.ClH/c1-13-3-4-15(17(21)20-6-5-18-12-14(20)2)11-16(13)25(22,23)19-7-9-24-10-8-19;/h3-4,11,14,18H,5-10,12H2,1-2H3;1H/t14-;/m0./s1. The molecule has 2 fully saturated rings. The van der Waals surface area contributed by atoms with Crippen LogP contribution in [0.4, 0.5) is 0 Å². The van der Waals surface area contributed by atoms with Crippen molar-refractivity contribution in [1.29, 1.82) is 0 Å². The van der Waals surface area contributed by atoms with E-state index in [1.54, 1.807) is 24.0 Å². The molecule has 0 unspecified atom stereocenters. The Morgan fingerprint density at radius 3 is 2.58 bits per heavy atom. The smallest absolute Gasteiger partial charge is 0.254 e. The number of piperazine rings is 1. The highest BCUT2D eigenvalue weighted by atomic mass is 35.5. The molecule has 9 heteroatoms. The quantitative estimate of drug-likeness (QED) is 0.810. The molecule has 2 heterocycles. The number of hydrogen-bond acceptors (Lipinski definition) is 5. The molecule has 0 bridgehead atoms. The number of benzene rings is 1. The largest absolute Gasteiger partial charge is 0.379 e. The van der Waals surface area contributed by atoms with Gasteiger partial charge >= 0.3 is 0 Å². The monoisotopic (exact) mass is 403 g/mol. The van der Waals surface area contributed by atoms with Crippen molar-refractivity contribution in [3.63, 3.8) is 0 Å². The minimum atomic E-state index is -3.62. The summed E-state index contributed by atoms with van der Waals surface area (Å²) in [5.74, 6) is -0.118. The molecular weight excluding hydrogens is 378 g/mol. The van der Waals surface area contributed by atoms with Crippen molar-refractivity contribution in [3.05, 3.63) is 29.3 Å². The van der Waals surface area contributed by atoms with E-state index in [4.69, 9.17) is 4.74 Å². The first-order chi connectivity index (χ1) is 11.9.